The number of nitrogens with zero attached hydrogens (tertiary/aromatic N) is 1. The standard InChI is InChI=1S/C14H18N2O3S/c1-11(7-8-20(2)18)16-14(17)10-19-13-6-4-3-5-12(13)9-15/h3-6,11H,7-8,10H2,1-2H3,(H,16,17). The van der Waals surface area contributed by atoms with Crippen molar-refractivity contribution < 1.29 is 13.7 Å². The van der Waals surface area contributed by atoms with Crippen molar-refractivity contribution in [1.29, 1.82) is 5.26 Å². The van der Waals surface area contributed by atoms with Gasteiger partial charge < -0.3 is 10.1 Å². The average Bonchev–Trinajstić information content (AvgIpc) is 2.43. The summed E-state index contributed by atoms with van der Waals surface area (Å²) >= 11 is 0. The number of nitrogens with one attached hydrogen (secondary N) is 1. The molecule has 1 aromatic rings. The molecule has 0 aliphatic rings. The SMILES string of the molecule is CC(CCS(C)=O)NC(=O)COc1ccccc1C#N. The Balaban J connectivity index is 2.40. The third kappa shape index (κ3) is 5.85. The van der Waals surface area contributed by atoms with E-state index in [4.69, 9.17) is 10.00 Å². The van der Waals surface area contributed by atoms with Gasteiger partial charge in [-0.05, 0) is 25.5 Å². The van der Waals surface area contributed by atoms with E-state index in [0.717, 1.165) is 0 Å². The summed E-state index contributed by atoms with van der Waals surface area (Å²) in [5.41, 5.74) is 0.398. The van der Waals surface area contributed by atoms with Crippen LogP contribution in [0.5, 0.6) is 5.75 Å². The number of ether oxygens (including phenoxy) is 1. The molecule has 108 valence electrons. The Kier molecular flexibility index (Phi) is 6.74. The summed E-state index contributed by atoms with van der Waals surface area (Å²) in [6.45, 7) is 1.71. The molecule has 2 atom stereocenters. The number of rotatable bonds is 7. The van der Waals surface area contributed by atoms with Crippen LogP contribution in [0.25, 0.3) is 0 Å². The quantitative estimate of drug-likeness (QED) is 0.820. The van der Waals surface area contributed by atoms with Crippen LogP contribution >= 0.6 is 0 Å². The smallest absolute Gasteiger partial charge is 0.258 e. The van der Waals surface area contributed by atoms with E-state index in [1.54, 1.807) is 30.5 Å². The molecule has 1 rings (SSSR count). The van der Waals surface area contributed by atoms with Crippen LogP contribution in [0.3, 0.4) is 0 Å². The van der Waals surface area contributed by atoms with Crippen LogP contribution in [0.2, 0.25) is 0 Å². The number of para-hydroxylation sites is 1. The summed E-state index contributed by atoms with van der Waals surface area (Å²) in [5.74, 6) is 0.694. The maximum absolute atomic E-state index is 11.7. The van der Waals surface area contributed by atoms with Gasteiger partial charge in [0.15, 0.2) is 6.61 Å². The summed E-state index contributed by atoms with van der Waals surface area (Å²) in [5, 5.41) is 11.7. The Morgan fingerprint density at radius 2 is 2.20 bits per heavy atom. The van der Waals surface area contributed by atoms with E-state index in [2.05, 4.69) is 5.32 Å². The van der Waals surface area contributed by atoms with Crippen LogP contribution in [-0.2, 0) is 15.6 Å². The molecule has 1 N–H and O–H groups in total. The third-order valence-corrected chi connectivity index (χ3v) is 3.42. The van der Waals surface area contributed by atoms with Crippen LogP contribution < -0.4 is 10.1 Å². The minimum absolute atomic E-state index is 0.0544. The zero-order valence-corrected chi connectivity index (χ0v) is 12.4. The molecule has 0 aromatic heterocycles. The highest BCUT2D eigenvalue weighted by atomic mass is 32.2. The molecule has 0 spiro atoms. The van der Waals surface area contributed by atoms with E-state index in [9.17, 15) is 9.00 Å². The van der Waals surface area contributed by atoms with Crippen LogP contribution in [-0.4, -0.2) is 34.8 Å². The van der Waals surface area contributed by atoms with Gasteiger partial charge in [-0.2, -0.15) is 5.26 Å². The maximum atomic E-state index is 11.7. The van der Waals surface area contributed by atoms with E-state index in [1.807, 2.05) is 13.0 Å². The summed E-state index contributed by atoms with van der Waals surface area (Å²) in [6.07, 6.45) is 2.29. The molecule has 0 bridgehead atoms. The normalized spacial score (nSPS) is 13.1. The molecule has 1 amide bonds. The molecule has 0 fully saturated rings. The molecule has 0 saturated carbocycles. The first-order chi connectivity index (χ1) is 9.52. The lowest BCUT2D eigenvalue weighted by molar-refractivity contribution is -0.123. The lowest BCUT2D eigenvalue weighted by atomic mass is 10.2. The first-order valence-corrected chi connectivity index (χ1v) is 7.97. The van der Waals surface area contributed by atoms with Gasteiger partial charge in [0, 0.05) is 28.9 Å². The van der Waals surface area contributed by atoms with Gasteiger partial charge >= 0.3 is 0 Å². The van der Waals surface area contributed by atoms with Crippen LogP contribution in [0, 0.1) is 11.3 Å². The van der Waals surface area contributed by atoms with E-state index in [-0.39, 0.29) is 18.6 Å². The molecule has 5 nitrogen and oxygen atoms in total. The Labute approximate surface area is 121 Å². The summed E-state index contributed by atoms with van der Waals surface area (Å²) in [7, 11) is -0.857. The van der Waals surface area contributed by atoms with Gasteiger partial charge in [-0.3, -0.25) is 9.00 Å². The van der Waals surface area contributed by atoms with Crippen LogP contribution in [0.15, 0.2) is 24.3 Å². The van der Waals surface area contributed by atoms with Crippen molar-refractivity contribution in [1.82, 2.24) is 5.32 Å². The first kappa shape index (κ1) is 16.2. The van der Waals surface area contributed by atoms with E-state index in [0.29, 0.717) is 23.5 Å². The molecule has 0 saturated heterocycles. The molecular formula is C14H18N2O3S. The summed E-state index contributed by atoms with van der Waals surface area (Å²) in [4.78, 5) is 11.7. The minimum atomic E-state index is -0.857. The molecule has 1 aromatic carbocycles. The van der Waals surface area contributed by atoms with Crippen LogP contribution in [0.4, 0.5) is 0 Å². The number of amides is 1. The molecular weight excluding hydrogens is 276 g/mol. The van der Waals surface area contributed by atoms with Crippen molar-refractivity contribution in [3.05, 3.63) is 29.8 Å². The molecule has 6 heteroatoms. The summed E-state index contributed by atoms with van der Waals surface area (Å²) in [6, 6.07) is 8.71. The van der Waals surface area contributed by atoms with Gasteiger partial charge in [-0.15, -0.1) is 0 Å². The number of carbonyl (C=O) groups excluding carboxylic acids is 1. The zero-order valence-electron chi connectivity index (χ0n) is 11.6. The van der Waals surface area contributed by atoms with Gasteiger partial charge in [-0.25, -0.2) is 0 Å². The average molecular weight is 294 g/mol. The molecule has 20 heavy (non-hydrogen) atoms. The molecule has 0 radical (unpaired) electrons. The summed E-state index contributed by atoms with van der Waals surface area (Å²) < 4.78 is 16.3. The molecule has 0 aliphatic carbocycles. The van der Waals surface area contributed by atoms with Crippen molar-refractivity contribution >= 4 is 16.7 Å². The second-order valence-corrected chi connectivity index (χ2v) is 5.99. The first-order valence-electron chi connectivity index (χ1n) is 6.24. The highest BCUT2D eigenvalue weighted by Gasteiger charge is 2.10. The topological polar surface area (TPSA) is 79.2 Å². The number of carbonyl (C=O) groups is 1. The van der Waals surface area contributed by atoms with Gasteiger partial charge in [0.05, 0.1) is 5.56 Å². The van der Waals surface area contributed by atoms with Crippen molar-refractivity contribution in [2.24, 2.45) is 0 Å². The number of hydrogen-bond donors (Lipinski definition) is 1. The number of nitriles is 1. The monoisotopic (exact) mass is 294 g/mol. The number of benzene rings is 1. The third-order valence-electron chi connectivity index (χ3n) is 2.61. The fraction of sp³-hybridized carbons (Fsp3) is 0.429. The van der Waals surface area contributed by atoms with E-state index in [1.165, 1.54) is 0 Å². The second kappa shape index (κ2) is 8.33. The highest BCUT2D eigenvalue weighted by Crippen LogP contribution is 2.16. The Morgan fingerprint density at radius 3 is 2.85 bits per heavy atom. The molecule has 0 aliphatic heterocycles. The van der Waals surface area contributed by atoms with E-state index >= 15 is 0 Å². The fourth-order valence-corrected chi connectivity index (χ4v) is 2.25. The fourth-order valence-electron chi connectivity index (χ4n) is 1.56. The highest BCUT2D eigenvalue weighted by molar-refractivity contribution is 7.84. The Bertz CT molecular complexity index is 525. The zero-order chi connectivity index (χ0) is 15.0. The Morgan fingerprint density at radius 1 is 1.50 bits per heavy atom. The van der Waals surface area contributed by atoms with Gasteiger partial charge in [0.25, 0.3) is 5.91 Å². The van der Waals surface area contributed by atoms with Crippen LogP contribution in [0.1, 0.15) is 18.9 Å². The lowest BCUT2D eigenvalue weighted by Crippen LogP contribution is -2.36. The Hall–Kier alpha value is -1.87. The van der Waals surface area contributed by atoms with Gasteiger partial charge in [-0.1, -0.05) is 12.1 Å². The predicted molar refractivity (Wildman–Crippen MR) is 77.8 cm³/mol. The predicted octanol–water partition coefficient (Wildman–Crippen LogP) is 1.21. The van der Waals surface area contributed by atoms with Crippen molar-refractivity contribution in [3.8, 4) is 11.8 Å². The second-order valence-electron chi connectivity index (χ2n) is 4.43. The van der Waals surface area contributed by atoms with Crippen molar-refractivity contribution in [3.63, 3.8) is 0 Å². The largest absolute Gasteiger partial charge is 0.482 e. The molecule has 0 heterocycles. The number of hydrogen-bond acceptors (Lipinski definition) is 4. The molecule has 2 unspecified atom stereocenters. The van der Waals surface area contributed by atoms with Gasteiger partial charge in [0.2, 0.25) is 0 Å². The van der Waals surface area contributed by atoms with Gasteiger partial charge in [0.1, 0.15) is 11.8 Å². The van der Waals surface area contributed by atoms with Crippen molar-refractivity contribution in [2.45, 2.75) is 19.4 Å². The van der Waals surface area contributed by atoms with E-state index < -0.39 is 10.8 Å². The maximum Gasteiger partial charge on any atom is 0.258 e. The lowest BCUT2D eigenvalue weighted by Gasteiger charge is -2.13. The van der Waals surface area contributed by atoms with Crippen molar-refractivity contribution in [2.75, 3.05) is 18.6 Å². The minimum Gasteiger partial charge on any atom is -0.482 e.